The third-order valence-corrected chi connectivity index (χ3v) is 10.1. The summed E-state index contributed by atoms with van der Waals surface area (Å²) >= 11 is 26.2. The molecule has 0 spiro atoms. The van der Waals surface area contributed by atoms with Gasteiger partial charge in [-0.15, -0.1) is 0 Å². The van der Waals surface area contributed by atoms with Crippen LogP contribution in [0.3, 0.4) is 0 Å². The molecule has 0 radical (unpaired) electrons. The van der Waals surface area contributed by atoms with Crippen LogP contribution >= 0.6 is 58.2 Å². The molecule has 0 saturated heterocycles. The topological polar surface area (TPSA) is 254 Å². The molecule has 6 rings (SSSR count). The maximum atomic E-state index is 13.0. The van der Waals surface area contributed by atoms with E-state index in [1.807, 2.05) is 6.26 Å². The second-order valence-electron chi connectivity index (χ2n) is 12.2. The summed E-state index contributed by atoms with van der Waals surface area (Å²) in [6.07, 6.45) is -1.40. The zero-order chi connectivity index (χ0) is 45.8. The Morgan fingerprint density at radius 1 is 0.694 bits per heavy atom. The van der Waals surface area contributed by atoms with E-state index in [0.29, 0.717) is 20.7 Å². The third-order valence-electron chi connectivity index (χ3n) is 7.59. The lowest BCUT2D eigenvalue weighted by Crippen LogP contribution is -2.34. The van der Waals surface area contributed by atoms with Crippen LogP contribution in [0.4, 0.5) is 17.6 Å². The van der Waals surface area contributed by atoms with Crippen molar-refractivity contribution in [2.45, 2.75) is 24.4 Å². The van der Waals surface area contributed by atoms with Gasteiger partial charge in [-0.1, -0.05) is 46.4 Å². The van der Waals surface area contributed by atoms with Crippen molar-refractivity contribution in [3.8, 4) is 46.1 Å². The van der Waals surface area contributed by atoms with E-state index in [9.17, 15) is 55.4 Å². The Balaban J connectivity index is 0.000000235. The van der Waals surface area contributed by atoms with Gasteiger partial charge in [-0.3, -0.25) is 19.6 Å². The minimum Gasteiger partial charge on any atom is -0.506 e. The molecule has 0 aliphatic heterocycles. The number of rotatable bonds is 12. The maximum absolute atomic E-state index is 13.0. The maximum Gasteiger partial charge on any atom is 0.349 e. The van der Waals surface area contributed by atoms with Gasteiger partial charge in [-0.25, -0.2) is 45.5 Å². The molecule has 0 aliphatic rings. The van der Waals surface area contributed by atoms with Gasteiger partial charge in [0, 0.05) is 35.3 Å². The van der Waals surface area contributed by atoms with Crippen LogP contribution < -0.4 is 32.0 Å². The molecule has 0 saturated carbocycles. The number of aromatic amines is 2. The Bertz CT molecular complexity index is 3000. The van der Waals surface area contributed by atoms with Crippen molar-refractivity contribution in [1.82, 2.24) is 39.5 Å². The fraction of sp³-hybridized carbons (Fsp3) is 0.176. The molecule has 2 aromatic carbocycles. The Hall–Kier alpha value is -5.66. The van der Waals surface area contributed by atoms with Gasteiger partial charge < -0.3 is 19.7 Å². The number of nitrogens with zero attached hydrogens (tertiary/aromatic N) is 6. The lowest BCUT2D eigenvalue weighted by Gasteiger charge is -2.13. The summed E-state index contributed by atoms with van der Waals surface area (Å²) in [6, 6.07) is 7.31. The van der Waals surface area contributed by atoms with Gasteiger partial charge in [0.1, 0.15) is 11.5 Å². The highest BCUT2D eigenvalue weighted by molar-refractivity contribution is 7.97. The SMILES string of the molecule is CS(=O)(=O)Cc1cc(Oc2c(Cl)cc(-n3nc(C(F)F)c(=O)[nH]c3=O)cc2Cl)ncc1O.CSCc1cc(Oc2c(Cl)cc(-n3nc(C(F)F)c(=O)[nH]c3=O)cc2Cl)ncc1O. The average Bonchev–Trinajstić information content (AvgIpc) is 3.16. The molecule has 328 valence electrons. The van der Waals surface area contributed by atoms with Crippen LogP contribution in [0.5, 0.6) is 34.8 Å². The van der Waals surface area contributed by atoms with E-state index < -0.39 is 62.3 Å². The lowest BCUT2D eigenvalue weighted by atomic mass is 10.2. The molecule has 0 atom stereocenters. The normalized spacial score (nSPS) is 11.4. The number of ether oxygens (including phenoxy) is 2. The largest absolute Gasteiger partial charge is 0.506 e. The van der Waals surface area contributed by atoms with Crippen molar-refractivity contribution >= 4 is 68.0 Å². The summed E-state index contributed by atoms with van der Waals surface area (Å²) < 4.78 is 86.9. The van der Waals surface area contributed by atoms with Crippen LogP contribution in [0.25, 0.3) is 11.4 Å². The van der Waals surface area contributed by atoms with Gasteiger partial charge in [-0.05, 0) is 30.5 Å². The number of hydrogen-bond donors (Lipinski definition) is 4. The molecule has 28 heteroatoms. The molecule has 0 unspecified atom stereocenters. The standard InChI is InChI=1S/C17H12Cl2F2N4O6S.C17H12Cl2F2N4O4S/c1-32(29,30)6-7-2-12(22-5-11(7)26)31-14-9(18)3-8(4-10(14)19)25-17(28)23-16(27)13(24-25)15(20)21;1-30-6-7-2-12(22-5-11(7)26)29-14-9(18)3-8(4-10(14)19)25-17(28)23-16(27)13(24-25)15(20)21/h2-5,15,26H,6H2,1H3,(H,23,27,28);2-5,15,26H,6H2,1H3,(H,23,27,28). The first-order valence-corrected chi connectivity index (χ1v) is 21.4. The second-order valence-corrected chi connectivity index (χ2v) is 16.8. The molecule has 18 nitrogen and oxygen atoms in total. The van der Waals surface area contributed by atoms with Gasteiger partial charge in [-0.2, -0.15) is 31.3 Å². The van der Waals surface area contributed by atoms with Crippen LogP contribution in [-0.4, -0.2) is 70.6 Å². The van der Waals surface area contributed by atoms with Crippen molar-refractivity contribution in [3.05, 3.63) is 133 Å². The van der Waals surface area contributed by atoms with E-state index in [4.69, 9.17) is 55.9 Å². The average molecular weight is 987 g/mol. The molecule has 62 heavy (non-hydrogen) atoms. The lowest BCUT2D eigenvalue weighted by molar-refractivity contribution is 0.141. The first-order valence-electron chi connectivity index (χ1n) is 16.5. The zero-order valence-corrected chi connectivity index (χ0v) is 35.5. The summed E-state index contributed by atoms with van der Waals surface area (Å²) in [5.74, 6) is -0.556. The summed E-state index contributed by atoms with van der Waals surface area (Å²) in [5.41, 5.74) is -6.69. The summed E-state index contributed by atoms with van der Waals surface area (Å²) in [4.78, 5) is 58.1. The molecule has 0 bridgehead atoms. The van der Waals surface area contributed by atoms with E-state index in [0.717, 1.165) is 24.6 Å². The number of halogens is 8. The van der Waals surface area contributed by atoms with Crippen molar-refractivity contribution in [2.75, 3.05) is 12.5 Å². The number of H-pyrrole nitrogens is 2. The zero-order valence-electron chi connectivity index (χ0n) is 30.9. The second kappa shape index (κ2) is 19.6. The minimum absolute atomic E-state index is 0.00240. The Morgan fingerprint density at radius 3 is 1.42 bits per heavy atom. The Kier molecular flexibility index (Phi) is 15.0. The van der Waals surface area contributed by atoms with Crippen LogP contribution in [-0.2, 0) is 21.3 Å². The van der Waals surface area contributed by atoms with Crippen LogP contribution in [0.1, 0.15) is 35.4 Å². The van der Waals surface area contributed by atoms with E-state index >= 15 is 0 Å². The smallest absolute Gasteiger partial charge is 0.349 e. The van der Waals surface area contributed by atoms with Gasteiger partial charge in [0.05, 0.1) is 49.6 Å². The molecular formula is C34H24Cl4F4N8O10S2. The molecule has 0 aliphatic carbocycles. The molecule has 4 heterocycles. The van der Waals surface area contributed by atoms with E-state index in [-0.39, 0.29) is 71.8 Å². The first kappa shape index (κ1) is 47.4. The monoisotopic (exact) mass is 984 g/mol. The fourth-order valence-corrected chi connectivity index (χ4v) is 7.36. The van der Waals surface area contributed by atoms with Crippen molar-refractivity contribution in [1.29, 1.82) is 0 Å². The van der Waals surface area contributed by atoms with E-state index in [1.165, 1.54) is 42.2 Å². The number of alkyl halides is 4. The fourth-order valence-electron chi connectivity index (χ4n) is 4.92. The quantitative estimate of drug-likeness (QED) is 0.0952. The molecule has 6 aromatic rings. The van der Waals surface area contributed by atoms with Crippen molar-refractivity contribution in [2.24, 2.45) is 0 Å². The molecular weight excluding hydrogens is 962 g/mol. The molecule has 4 N–H and O–H groups in total. The number of aromatic hydroxyl groups is 2. The molecule has 4 aromatic heterocycles. The number of benzene rings is 2. The number of nitrogens with one attached hydrogen (secondary N) is 2. The Morgan fingerprint density at radius 2 is 1.06 bits per heavy atom. The number of aromatic nitrogens is 8. The van der Waals surface area contributed by atoms with Gasteiger partial charge in [0.25, 0.3) is 24.0 Å². The van der Waals surface area contributed by atoms with Gasteiger partial charge in [0.2, 0.25) is 11.8 Å². The molecule has 0 amide bonds. The molecule has 0 fully saturated rings. The predicted octanol–water partition coefficient (Wildman–Crippen LogP) is 6.52. The van der Waals surface area contributed by atoms with Crippen molar-refractivity contribution < 1.29 is 45.7 Å². The summed E-state index contributed by atoms with van der Waals surface area (Å²) in [5, 5.41) is 25.8. The summed E-state index contributed by atoms with van der Waals surface area (Å²) in [7, 11) is -3.47. The highest BCUT2D eigenvalue weighted by atomic mass is 35.5. The first-order chi connectivity index (χ1) is 29.1. The van der Waals surface area contributed by atoms with Crippen LogP contribution in [0.2, 0.25) is 20.1 Å². The predicted molar refractivity (Wildman–Crippen MR) is 219 cm³/mol. The van der Waals surface area contributed by atoms with E-state index in [2.05, 4.69) is 20.2 Å². The minimum atomic E-state index is -3.47. The van der Waals surface area contributed by atoms with Gasteiger partial charge in [0.15, 0.2) is 32.7 Å². The highest BCUT2D eigenvalue weighted by Crippen LogP contribution is 2.40. The van der Waals surface area contributed by atoms with E-state index in [1.54, 1.807) is 9.97 Å². The van der Waals surface area contributed by atoms with Crippen molar-refractivity contribution in [3.63, 3.8) is 0 Å². The Labute approximate surface area is 367 Å². The van der Waals surface area contributed by atoms with Gasteiger partial charge >= 0.3 is 11.4 Å². The number of thioether (sulfide) groups is 1. The summed E-state index contributed by atoms with van der Waals surface area (Å²) in [6.45, 7) is 0. The number of pyridine rings is 2. The third kappa shape index (κ3) is 11.4. The number of hydrogen-bond acceptors (Lipinski definition) is 15. The van der Waals surface area contributed by atoms with Crippen LogP contribution in [0, 0.1) is 0 Å². The highest BCUT2D eigenvalue weighted by Gasteiger charge is 2.22. The van der Waals surface area contributed by atoms with Crippen LogP contribution in [0.15, 0.2) is 68.0 Å². The number of sulfone groups is 1.